The molecule has 0 unspecified atom stereocenters. The Labute approximate surface area is 207 Å². The van der Waals surface area contributed by atoms with Crippen molar-refractivity contribution < 1.29 is 13.2 Å². The summed E-state index contributed by atoms with van der Waals surface area (Å²) in [4.78, 5) is 12.9. The Morgan fingerprint density at radius 3 is 2.24 bits per heavy atom. The third kappa shape index (κ3) is 6.87. The van der Waals surface area contributed by atoms with Gasteiger partial charge in [-0.3, -0.25) is 9.10 Å². The number of anilines is 1. The minimum atomic E-state index is -3.89. The van der Waals surface area contributed by atoms with E-state index in [-0.39, 0.29) is 17.3 Å². The van der Waals surface area contributed by atoms with Crippen molar-refractivity contribution in [1.29, 1.82) is 0 Å². The van der Waals surface area contributed by atoms with Gasteiger partial charge in [0.1, 0.15) is 6.54 Å². The first kappa shape index (κ1) is 25.8. The summed E-state index contributed by atoms with van der Waals surface area (Å²) >= 11 is 1.74. The molecule has 0 saturated carbocycles. The summed E-state index contributed by atoms with van der Waals surface area (Å²) in [5.74, 6) is 1.62. The molecule has 180 valence electrons. The molecule has 0 fully saturated rings. The molecule has 7 heteroatoms. The molecule has 0 aromatic heterocycles. The number of amides is 1. The van der Waals surface area contributed by atoms with Crippen molar-refractivity contribution in [3.8, 4) is 0 Å². The fourth-order valence-corrected chi connectivity index (χ4v) is 5.84. The van der Waals surface area contributed by atoms with Gasteiger partial charge in [-0.05, 0) is 53.8 Å². The van der Waals surface area contributed by atoms with Gasteiger partial charge in [-0.25, -0.2) is 8.42 Å². The van der Waals surface area contributed by atoms with Gasteiger partial charge < -0.3 is 5.32 Å². The lowest BCUT2D eigenvalue weighted by atomic mass is 10.0. The topological polar surface area (TPSA) is 66.5 Å². The van der Waals surface area contributed by atoms with Gasteiger partial charge in [-0.1, -0.05) is 68.4 Å². The maximum Gasteiger partial charge on any atom is 0.264 e. The highest BCUT2D eigenvalue weighted by Crippen LogP contribution is 2.25. The van der Waals surface area contributed by atoms with E-state index in [4.69, 9.17) is 0 Å². The van der Waals surface area contributed by atoms with Crippen molar-refractivity contribution in [2.24, 2.45) is 0 Å². The number of aryl methyl sites for hydroxylation is 1. The summed E-state index contributed by atoms with van der Waals surface area (Å²) in [5, 5.41) is 2.87. The lowest BCUT2D eigenvalue weighted by molar-refractivity contribution is -0.119. The predicted molar refractivity (Wildman–Crippen MR) is 142 cm³/mol. The Hall–Kier alpha value is -2.77. The smallest absolute Gasteiger partial charge is 0.264 e. The van der Waals surface area contributed by atoms with Gasteiger partial charge in [0.2, 0.25) is 5.91 Å². The maximum absolute atomic E-state index is 13.4. The number of nitrogens with one attached hydrogen (secondary N) is 1. The summed E-state index contributed by atoms with van der Waals surface area (Å²) in [6.07, 6.45) is 0. The molecule has 0 aliphatic rings. The van der Waals surface area contributed by atoms with Gasteiger partial charge in [0, 0.05) is 18.1 Å². The quantitative estimate of drug-likeness (QED) is 0.363. The first-order valence-electron chi connectivity index (χ1n) is 11.4. The lowest BCUT2D eigenvalue weighted by Gasteiger charge is -2.24. The molecule has 0 heterocycles. The van der Waals surface area contributed by atoms with E-state index in [0.29, 0.717) is 18.2 Å². The fraction of sp³-hybridized carbons (Fsp3) is 0.296. The van der Waals surface area contributed by atoms with Crippen molar-refractivity contribution >= 4 is 33.4 Å². The second-order valence-electron chi connectivity index (χ2n) is 8.40. The highest BCUT2D eigenvalue weighted by atomic mass is 32.2. The number of benzene rings is 3. The molecule has 0 saturated heterocycles. The largest absolute Gasteiger partial charge is 0.354 e. The van der Waals surface area contributed by atoms with Crippen molar-refractivity contribution in [2.75, 3.05) is 23.1 Å². The van der Waals surface area contributed by atoms with Crippen LogP contribution in [0, 0.1) is 6.92 Å². The average Bonchev–Trinajstić information content (AvgIpc) is 2.84. The molecule has 3 rings (SSSR count). The average molecular weight is 497 g/mol. The molecule has 34 heavy (non-hydrogen) atoms. The summed E-state index contributed by atoms with van der Waals surface area (Å²) in [7, 11) is -3.89. The first-order chi connectivity index (χ1) is 16.3. The minimum absolute atomic E-state index is 0.157. The van der Waals surface area contributed by atoms with Crippen LogP contribution in [0.3, 0.4) is 0 Å². The van der Waals surface area contributed by atoms with Crippen LogP contribution in [0.15, 0.2) is 83.8 Å². The van der Waals surface area contributed by atoms with Gasteiger partial charge in [-0.15, -0.1) is 0 Å². The molecule has 5 nitrogen and oxygen atoms in total. The van der Waals surface area contributed by atoms with Gasteiger partial charge in [0.25, 0.3) is 10.0 Å². The predicted octanol–water partition coefficient (Wildman–Crippen LogP) is 5.36. The van der Waals surface area contributed by atoms with Crippen molar-refractivity contribution in [3.63, 3.8) is 0 Å². The summed E-state index contributed by atoms with van der Waals surface area (Å²) in [5.41, 5.74) is 4.11. The number of hydrogen-bond acceptors (Lipinski definition) is 4. The molecular weight excluding hydrogens is 464 g/mol. The molecule has 0 bridgehead atoms. The molecule has 0 aliphatic carbocycles. The van der Waals surface area contributed by atoms with Gasteiger partial charge in [0.15, 0.2) is 0 Å². The first-order valence-corrected chi connectivity index (χ1v) is 13.9. The number of sulfonamides is 1. The standard InChI is InChI=1S/C27H32N2O3S2/c1-21(2)23-13-15-25(16-14-23)29(34(31,32)26-11-5-4-6-12-26)19-27(30)28-17-18-33-20-24-10-8-7-9-22(24)3/h4-16,21H,17-20H2,1-3H3,(H,28,30). The number of thioether (sulfide) groups is 1. The van der Waals surface area contributed by atoms with Crippen molar-refractivity contribution in [2.45, 2.75) is 37.3 Å². The Kier molecular flexibility index (Phi) is 9.19. The normalized spacial score (nSPS) is 11.4. The molecule has 0 aliphatic heterocycles. The van der Waals surface area contributed by atoms with Gasteiger partial charge in [0.05, 0.1) is 10.6 Å². The van der Waals surface area contributed by atoms with Crippen molar-refractivity contribution in [1.82, 2.24) is 5.32 Å². The SMILES string of the molecule is Cc1ccccc1CSCCNC(=O)CN(c1ccc(C(C)C)cc1)S(=O)(=O)c1ccccc1. The maximum atomic E-state index is 13.4. The Morgan fingerprint density at radius 2 is 1.59 bits per heavy atom. The molecule has 1 amide bonds. The number of hydrogen-bond donors (Lipinski definition) is 1. The fourth-order valence-electron chi connectivity index (χ4n) is 3.46. The molecule has 0 spiro atoms. The Morgan fingerprint density at radius 1 is 0.941 bits per heavy atom. The molecule has 3 aromatic rings. The Balaban J connectivity index is 1.66. The van der Waals surface area contributed by atoms with E-state index in [1.165, 1.54) is 15.4 Å². The molecule has 1 N–H and O–H groups in total. The van der Waals surface area contributed by atoms with E-state index in [1.54, 1.807) is 54.2 Å². The second kappa shape index (κ2) is 12.1. The summed E-state index contributed by atoms with van der Waals surface area (Å²) < 4.78 is 28.0. The van der Waals surface area contributed by atoms with E-state index in [2.05, 4.69) is 38.2 Å². The van der Waals surface area contributed by atoms with Crippen LogP contribution < -0.4 is 9.62 Å². The van der Waals surface area contributed by atoms with Crippen LogP contribution in [0.4, 0.5) is 5.69 Å². The molecule has 3 aromatic carbocycles. The Bertz CT molecular complexity index is 1180. The van der Waals surface area contributed by atoms with E-state index in [0.717, 1.165) is 17.1 Å². The van der Waals surface area contributed by atoms with Crippen LogP contribution in [-0.2, 0) is 20.6 Å². The lowest BCUT2D eigenvalue weighted by Crippen LogP contribution is -2.41. The number of rotatable bonds is 11. The van der Waals surface area contributed by atoms with Crippen LogP contribution in [0.25, 0.3) is 0 Å². The van der Waals surface area contributed by atoms with Crippen LogP contribution in [-0.4, -0.2) is 33.2 Å². The zero-order valence-electron chi connectivity index (χ0n) is 19.9. The van der Waals surface area contributed by atoms with Crippen LogP contribution in [0.2, 0.25) is 0 Å². The minimum Gasteiger partial charge on any atom is -0.354 e. The highest BCUT2D eigenvalue weighted by molar-refractivity contribution is 7.98. The third-order valence-corrected chi connectivity index (χ3v) is 8.35. The summed E-state index contributed by atoms with van der Waals surface area (Å²) in [6, 6.07) is 23.8. The van der Waals surface area contributed by atoms with Crippen LogP contribution in [0.1, 0.15) is 36.5 Å². The van der Waals surface area contributed by atoms with E-state index in [1.807, 2.05) is 24.3 Å². The molecule has 0 atom stereocenters. The van der Waals surface area contributed by atoms with E-state index in [9.17, 15) is 13.2 Å². The molecular formula is C27H32N2O3S2. The van der Waals surface area contributed by atoms with Gasteiger partial charge >= 0.3 is 0 Å². The van der Waals surface area contributed by atoms with Crippen molar-refractivity contribution in [3.05, 3.63) is 95.6 Å². The van der Waals surface area contributed by atoms with E-state index < -0.39 is 10.0 Å². The van der Waals surface area contributed by atoms with E-state index >= 15 is 0 Å². The monoisotopic (exact) mass is 496 g/mol. The third-order valence-electron chi connectivity index (χ3n) is 5.55. The highest BCUT2D eigenvalue weighted by Gasteiger charge is 2.27. The number of carbonyl (C=O) groups is 1. The van der Waals surface area contributed by atoms with Crippen LogP contribution >= 0.6 is 11.8 Å². The summed E-state index contributed by atoms with van der Waals surface area (Å²) in [6.45, 7) is 6.45. The zero-order chi connectivity index (χ0) is 24.6. The molecule has 0 radical (unpaired) electrons. The zero-order valence-corrected chi connectivity index (χ0v) is 21.5. The number of nitrogens with zero attached hydrogens (tertiary/aromatic N) is 1. The number of carbonyl (C=O) groups excluding carboxylic acids is 1. The second-order valence-corrected chi connectivity index (χ2v) is 11.4. The van der Waals surface area contributed by atoms with Gasteiger partial charge in [-0.2, -0.15) is 11.8 Å². The van der Waals surface area contributed by atoms with Crippen LogP contribution in [0.5, 0.6) is 0 Å².